The molecule has 0 heterocycles. The van der Waals surface area contributed by atoms with Gasteiger partial charge in [-0.2, -0.15) is 0 Å². The van der Waals surface area contributed by atoms with Crippen LogP contribution in [0.2, 0.25) is 0 Å². The Hall–Kier alpha value is -1.66. The second-order valence-electron chi connectivity index (χ2n) is 5.02. The second kappa shape index (κ2) is 9.38. The summed E-state index contributed by atoms with van der Waals surface area (Å²) < 4.78 is 0.882. The van der Waals surface area contributed by atoms with Gasteiger partial charge in [0.15, 0.2) is 0 Å². The zero-order valence-corrected chi connectivity index (χ0v) is 14.1. The zero-order chi connectivity index (χ0) is 16.5. The fourth-order valence-electron chi connectivity index (χ4n) is 1.80. The van der Waals surface area contributed by atoms with E-state index in [-0.39, 0.29) is 24.3 Å². The summed E-state index contributed by atoms with van der Waals surface area (Å²) in [5, 5.41) is 14.5. The first-order valence-electron chi connectivity index (χ1n) is 7.03. The van der Waals surface area contributed by atoms with Crippen LogP contribution < -0.4 is 10.6 Å². The third-order valence-electron chi connectivity index (χ3n) is 3.17. The van der Waals surface area contributed by atoms with Crippen LogP contribution in [-0.2, 0) is 4.79 Å². The lowest BCUT2D eigenvalue weighted by molar-refractivity contribution is -0.122. The van der Waals surface area contributed by atoms with Crippen LogP contribution in [0.4, 0.5) is 0 Å². The van der Waals surface area contributed by atoms with E-state index < -0.39 is 6.04 Å². The normalized spacial score (nSPS) is 13.0. The van der Waals surface area contributed by atoms with Crippen LogP contribution in [0.5, 0.6) is 0 Å². The minimum absolute atomic E-state index is 0.0219. The molecule has 0 aliphatic carbocycles. The average Bonchev–Trinajstić information content (AvgIpc) is 2.51. The Bertz CT molecular complexity index is 517. The molecule has 6 heteroatoms. The minimum atomic E-state index is -0.653. The second-order valence-corrected chi connectivity index (χ2v) is 5.94. The number of halogens is 1. The van der Waals surface area contributed by atoms with Gasteiger partial charge in [0.05, 0.1) is 0 Å². The highest BCUT2D eigenvalue weighted by atomic mass is 79.9. The van der Waals surface area contributed by atoms with Crippen LogP contribution in [-0.4, -0.2) is 36.1 Å². The summed E-state index contributed by atoms with van der Waals surface area (Å²) in [6.45, 7) is 5.55. The molecule has 120 valence electrons. The largest absolute Gasteiger partial charge is 0.396 e. The number of rotatable bonds is 8. The lowest BCUT2D eigenvalue weighted by Crippen LogP contribution is -2.46. The van der Waals surface area contributed by atoms with Crippen molar-refractivity contribution in [1.82, 2.24) is 10.6 Å². The van der Waals surface area contributed by atoms with Crippen molar-refractivity contribution in [1.29, 1.82) is 0 Å². The van der Waals surface area contributed by atoms with Gasteiger partial charge in [-0.05, 0) is 37.6 Å². The van der Waals surface area contributed by atoms with Gasteiger partial charge in [-0.15, -0.1) is 6.58 Å². The van der Waals surface area contributed by atoms with Crippen molar-refractivity contribution in [2.24, 2.45) is 5.92 Å². The first-order valence-corrected chi connectivity index (χ1v) is 7.83. The van der Waals surface area contributed by atoms with Crippen LogP contribution in [0, 0.1) is 5.92 Å². The number of carbonyl (C=O) groups excluding carboxylic acids is 2. The molecule has 1 aromatic rings. The maximum atomic E-state index is 12.0. The van der Waals surface area contributed by atoms with E-state index >= 15 is 0 Å². The fraction of sp³-hybridized carbons (Fsp3) is 0.375. The predicted molar refractivity (Wildman–Crippen MR) is 89.5 cm³/mol. The van der Waals surface area contributed by atoms with Crippen molar-refractivity contribution >= 4 is 27.7 Å². The molecule has 2 amide bonds. The third-order valence-corrected chi connectivity index (χ3v) is 3.70. The van der Waals surface area contributed by atoms with Crippen LogP contribution >= 0.6 is 15.9 Å². The first kappa shape index (κ1) is 18.4. The van der Waals surface area contributed by atoms with E-state index in [4.69, 9.17) is 5.11 Å². The summed E-state index contributed by atoms with van der Waals surface area (Å²) in [4.78, 5) is 24.0. The van der Waals surface area contributed by atoms with E-state index in [1.54, 1.807) is 37.3 Å². The van der Waals surface area contributed by atoms with Crippen LogP contribution in [0.1, 0.15) is 23.7 Å². The predicted octanol–water partition coefficient (Wildman–Crippen LogP) is 1.87. The molecule has 2 atom stereocenters. The van der Waals surface area contributed by atoms with Gasteiger partial charge in [-0.1, -0.05) is 22.0 Å². The Morgan fingerprint density at radius 3 is 2.55 bits per heavy atom. The van der Waals surface area contributed by atoms with Gasteiger partial charge in [-0.25, -0.2) is 0 Å². The molecule has 1 rings (SSSR count). The van der Waals surface area contributed by atoms with E-state index in [2.05, 4.69) is 33.1 Å². The molecule has 0 unspecified atom stereocenters. The van der Waals surface area contributed by atoms with Gasteiger partial charge in [0.2, 0.25) is 5.91 Å². The fourth-order valence-corrected chi connectivity index (χ4v) is 2.07. The van der Waals surface area contributed by atoms with Crippen molar-refractivity contribution in [3.63, 3.8) is 0 Å². The van der Waals surface area contributed by atoms with Crippen molar-refractivity contribution in [3.8, 4) is 0 Å². The molecule has 0 saturated heterocycles. The molecule has 5 nitrogen and oxygen atoms in total. The molecule has 1 aromatic carbocycles. The van der Waals surface area contributed by atoms with Crippen LogP contribution in [0.3, 0.4) is 0 Å². The third kappa shape index (κ3) is 5.99. The number of aliphatic hydroxyl groups is 1. The zero-order valence-electron chi connectivity index (χ0n) is 12.5. The van der Waals surface area contributed by atoms with Crippen molar-refractivity contribution in [2.45, 2.75) is 19.4 Å². The summed E-state index contributed by atoms with van der Waals surface area (Å²) in [7, 11) is 0. The highest BCUT2D eigenvalue weighted by Gasteiger charge is 2.17. The van der Waals surface area contributed by atoms with Gasteiger partial charge in [0.25, 0.3) is 5.91 Å². The molecule has 3 N–H and O–H groups in total. The molecule has 0 aliphatic heterocycles. The maximum absolute atomic E-state index is 12.0. The Morgan fingerprint density at radius 2 is 2.00 bits per heavy atom. The van der Waals surface area contributed by atoms with Crippen LogP contribution in [0.25, 0.3) is 0 Å². The molecular weight excluding hydrogens is 348 g/mol. The molecule has 0 saturated carbocycles. The van der Waals surface area contributed by atoms with E-state index in [0.29, 0.717) is 18.5 Å². The molecule has 0 spiro atoms. The molecule has 0 fully saturated rings. The van der Waals surface area contributed by atoms with E-state index in [9.17, 15) is 9.59 Å². The maximum Gasteiger partial charge on any atom is 0.251 e. The number of hydrogen-bond acceptors (Lipinski definition) is 3. The highest BCUT2D eigenvalue weighted by molar-refractivity contribution is 9.10. The van der Waals surface area contributed by atoms with Crippen molar-refractivity contribution < 1.29 is 14.7 Å². The molecule has 22 heavy (non-hydrogen) atoms. The standard InChI is InChI=1S/C16H21BrN2O3/c1-3-4-12(10-20)9-18-15(21)11(2)19-16(22)13-5-7-14(17)8-6-13/h3,5-8,11-12,20H,1,4,9-10H2,2H3,(H,18,21)(H,19,22)/t11-,12-/m0/s1. The summed E-state index contributed by atoms with van der Waals surface area (Å²) in [6, 6.07) is 6.23. The number of carbonyl (C=O) groups is 2. The monoisotopic (exact) mass is 368 g/mol. The Labute approximate surface area is 138 Å². The van der Waals surface area contributed by atoms with Gasteiger partial charge in [-0.3, -0.25) is 9.59 Å². The molecule has 0 aromatic heterocycles. The van der Waals surface area contributed by atoms with Gasteiger partial charge in [0, 0.05) is 29.1 Å². The SMILES string of the molecule is C=CC[C@H](CO)CNC(=O)[C@H](C)NC(=O)c1ccc(Br)cc1. The summed E-state index contributed by atoms with van der Waals surface area (Å²) in [5.74, 6) is -0.649. The first-order chi connectivity index (χ1) is 10.5. The summed E-state index contributed by atoms with van der Waals surface area (Å²) in [5.41, 5.74) is 0.489. The van der Waals surface area contributed by atoms with Crippen LogP contribution in [0.15, 0.2) is 41.4 Å². The van der Waals surface area contributed by atoms with Crippen molar-refractivity contribution in [3.05, 3.63) is 47.0 Å². The number of amides is 2. The van der Waals surface area contributed by atoms with E-state index in [0.717, 1.165) is 4.47 Å². The number of benzene rings is 1. The van der Waals surface area contributed by atoms with E-state index in [1.807, 2.05) is 0 Å². The number of nitrogens with one attached hydrogen (secondary N) is 2. The Balaban J connectivity index is 2.48. The van der Waals surface area contributed by atoms with Gasteiger partial charge < -0.3 is 15.7 Å². The molecular formula is C16H21BrN2O3. The quantitative estimate of drug-likeness (QED) is 0.612. The Morgan fingerprint density at radius 1 is 1.36 bits per heavy atom. The van der Waals surface area contributed by atoms with Crippen molar-refractivity contribution in [2.75, 3.05) is 13.2 Å². The molecule has 0 aliphatic rings. The smallest absolute Gasteiger partial charge is 0.251 e. The summed E-state index contributed by atoms with van der Waals surface area (Å²) in [6.07, 6.45) is 2.32. The van der Waals surface area contributed by atoms with Gasteiger partial charge >= 0.3 is 0 Å². The molecule has 0 bridgehead atoms. The van der Waals surface area contributed by atoms with E-state index in [1.165, 1.54) is 0 Å². The number of aliphatic hydroxyl groups excluding tert-OH is 1. The molecule has 0 radical (unpaired) electrons. The number of hydrogen-bond donors (Lipinski definition) is 3. The lowest BCUT2D eigenvalue weighted by atomic mass is 10.1. The van der Waals surface area contributed by atoms with Gasteiger partial charge in [0.1, 0.15) is 6.04 Å². The Kier molecular flexibility index (Phi) is 7.84. The average molecular weight is 369 g/mol. The number of allylic oxidation sites excluding steroid dienone is 1. The summed E-state index contributed by atoms with van der Waals surface area (Å²) >= 11 is 3.30. The highest BCUT2D eigenvalue weighted by Crippen LogP contribution is 2.10. The lowest BCUT2D eigenvalue weighted by Gasteiger charge is -2.17. The minimum Gasteiger partial charge on any atom is -0.396 e. The topological polar surface area (TPSA) is 78.4 Å².